The molecule has 0 bridgehead atoms. The first-order valence-corrected chi connectivity index (χ1v) is 9.65. The average molecular weight is 380 g/mol. The van der Waals surface area contributed by atoms with Crippen molar-refractivity contribution in [3.05, 3.63) is 24.3 Å². The Morgan fingerprint density at radius 1 is 0.741 bits per heavy atom. The molecule has 0 aromatic heterocycles. The average Bonchev–Trinajstić information content (AvgIpc) is 2.62. The molecule has 7 nitrogen and oxygen atoms in total. The molecule has 0 aromatic carbocycles. The van der Waals surface area contributed by atoms with Crippen molar-refractivity contribution in [3.63, 3.8) is 0 Å². The summed E-state index contributed by atoms with van der Waals surface area (Å²) in [6, 6.07) is 0. The molecule has 0 aliphatic rings. The van der Waals surface area contributed by atoms with E-state index in [0.29, 0.717) is 6.54 Å². The van der Waals surface area contributed by atoms with E-state index < -0.39 is 23.8 Å². The molecule has 152 valence electrons. The van der Waals surface area contributed by atoms with Gasteiger partial charge in [0.05, 0.1) is 0 Å². The maximum atomic E-state index is 11.5. The molecular weight excluding hydrogens is 348 g/mol. The minimum Gasteiger partial charge on any atom is -0.387 e. The van der Waals surface area contributed by atoms with Crippen LogP contribution in [0, 0.1) is 0 Å². The second-order valence-corrected chi connectivity index (χ2v) is 6.28. The lowest BCUT2D eigenvalue weighted by atomic mass is 10.1. The summed E-state index contributed by atoms with van der Waals surface area (Å²) in [7, 11) is 0. The zero-order valence-corrected chi connectivity index (χ0v) is 16.2. The van der Waals surface area contributed by atoms with E-state index >= 15 is 0 Å². The Labute approximate surface area is 161 Å². The molecule has 2 amide bonds. The van der Waals surface area contributed by atoms with Crippen molar-refractivity contribution in [2.45, 2.75) is 71.1 Å². The van der Waals surface area contributed by atoms with Crippen molar-refractivity contribution in [2.75, 3.05) is 6.54 Å². The predicted octanol–water partition coefficient (Wildman–Crippen LogP) is 2.69. The molecule has 7 heteroatoms. The van der Waals surface area contributed by atoms with Crippen LogP contribution in [0.2, 0.25) is 0 Å². The Bertz CT molecular complexity index is 526. The van der Waals surface area contributed by atoms with Crippen LogP contribution < -0.4 is 11.1 Å². The molecule has 0 aromatic rings. The second kappa shape index (κ2) is 17.0. The van der Waals surface area contributed by atoms with Crippen LogP contribution >= 0.6 is 0 Å². The lowest BCUT2D eigenvalue weighted by Crippen LogP contribution is -2.22. The third kappa shape index (κ3) is 18.2. The van der Waals surface area contributed by atoms with Crippen LogP contribution in [0.5, 0.6) is 0 Å². The van der Waals surface area contributed by atoms with Gasteiger partial charge in [-0.3, -0.25) is 9.59 Å². The van der Waals surface area contributed by atoms with Crippen molar-refractivity contribution in [1.29, 1.82) is 0 Å². The Morgan fingerprint density at radius 2 is 1.22 bits per heavy atom. The molecule has 0 aliphatic heterocycles. The largest absolute Gasteiger partial charge is 0.387 e. The number of nitrogens with one attached hydrogen (secondary N) is 1. The van der Waals surface area contributed by atoms with Crippen molar-refractivity contribution in [1.82, 2.24) is 5.32 Å². The highest BCUT2D eigenvalue weighted by Gasteiger charge is 2.05. The number of hydrogen-bond acceptors (Lipinski definition) is 5. The quantitative estimate of drug-likeness (QED) is 0.196. The normalized spacial score (nSPS) is 11.0. The van der Waals surface area contributed by atoms with E-state index in [0.717, 1.165) is 43.6 Å². The van der Waals surface area contributed by atoms with Gasteiger partial charge in [-0.15, -0.1) is 0 Å². The number of unbranched alkanes of at least 4 members (excludes halogenated alkanes) is 9. The molecule has 0 saturated heterocycles. The first kappa shape index (κ1) is 24.6. The van der Waals surface area contributed by atoms with Crippen LogP contribution in [-0.2, 0) is 23.9 Å². The number of carbonyl (C=O) groups excluding carboxylic acids is 4. The van der Waals surface area contributed by atoms with Crippen LogP contribution in [0.1, 0.15) is 71.1 Å². The third-order valence-electron chi connectivity index (χ3n) is 3.79. The number of esters is 2. The van der Waals surface area contributed by atoms with E-state index in [4.69, 9.17) is 5.73 Å². The summed E-state index contributed by atoms with van der Waals surface area (Å²) in [6.45, 7) is 2.75. The SMILES string of the molecule is CCCCCCCCCCCCNC(=O)/C=C\C(=O)OC(=O)/C=C\C(N)=O. The monoisotopic (exact) mass is 380 g/mol. The summed E-state index contributed by atoms with van der Waals surface area (Å²) >= 11 is 0. The summed E-state index contributed by atoms with van der Waals surface area (Å²) < 4.78 is 4.32. The summed E-state index contributed by atoms with van der Waals surface area (Å²) in [5.41, 5.74) is 4.80. The predicted molar refractivity (Wildman–Crippen MR) is 103 cm³/mol. The molecular formula is C20H32N2O5. The van der Waals surface area contributed by atoms with Gasteiger partial charge < -0.3 is 15.8 Å². The molecule has 0 aliphatic carbocycles. The highest BCUT2D eigenvalue weighted by molar-refractivity contribution is 6.01. The molecule has 0 radical (unpaired) electrons. The van der Waals surface area contributed by atoms with E-state index in [1.165, 1.54) is 44.9 Å². The molecule has 0 spiro atoms. The standard InChI is InChI=1S/C20H32N2O5/c1-2-3-4-5-6-7-8-9-10-11-16-22-18(24)13-15-20(26)27-19(25)14-12-17(21)23/h12-15H,2-11,16H2,1H3,(H2,21,23)(H,22,24)/b14-12-,15-13-. The van der Waals surface area contributed by atoms with Gasteiger partial charge in [-0.05, 0) is 6.42 Å². The Hall–Kier alpha value is -2.44. The van der Waals surface area contributed by atoms with Gasteiger partial charge in [0, 0.05) is 30.8 Å². The van der Waals surface area contributed by atoms with E-state index in [1.807, 2.05) is 0 Å². The van der Waals surface area contributed by atoms with Crippen LogP contribution in [0.25, 0.3) is 0 Å². The minimum atomic E-state index is -1.03. The molecule has 0 rings (SSSR count). The van der Waals surface area contributed by atoms with Crippen LogP contribution in [0.4, 0.5) is 0 Å². The highest BCUT2D eigenvalue weighted by atomic mass is 16.6. The van der Waals surface area contributed by atoms with Crippen molar-refractivity contribution >= 4 is 23.8 Å². The van der Waals surface area contributed by atoms with Gasteiger partial charge in [-0.1, -0.05) is 64.7 Å². The topological polar surface area (TPSA) is 116 Å². The first-order valence-electron chi connectivity index (χ1n) is 9.65. The number of hydrogen-bond donors (Lipinski definition) is 2. The summed E-state index contributed by atoms with van der Waals surface area (Å²) in [4.78, 5) is 44.4. The van der Waals surface area contributed by atoms with Crippen molar-refractivity contribution in [2.24, 2.45) is 5.73 Å². The Balaban J connectivity index is 3.65. The first-order chi connectivity index (χ1) is 13.0. The molecule has 3 N–H and O–H groups in total. The lowest BCUT2D eigenvalue weighted by Gasteiger charge is -2.03. The number of amides is 2. The number of primary amides is 1. The van der Waals surface area contributed by atoms with Gasteiger partial charge >= 0.3 is 11.9 Å². The van der Waals surface area contributed by atoms with Crippen LogP contribution in [-0.4, -0.2) is 30.3 Å². The van der Waals surface area contributed by atoms with Crippen LogP contribution in [0.3, 0.4) is 0 Å². The number of carbonyl (C=O) groups is 4. The van der Waals surface area contributed by atoms with E-state index in [-0.39, 0.29) is 0 Å². The fourth-order valence-electron chi connectivity index (χ4n) is 2.34. The Morgan fingerprint density at radius 3 is 1.74 bits per heavy atom. The fraction of sp³-hybridized carbons (Fsp3) is 0.600. The second-order valence-electron chi connectivity index (χ2n) is 6.28. The zero-order valence-electron chi connectivity index (χ0n) is 16.2. The molecule has 0 atom stereocenters. The third-order valence-corrected chi connectivity index (χ3v) is 3.79. The van der Waals surface area contributed by atoms with E-state index in [9.17, 15) is 19.2 Å². The van der Waals surface area contributed by atoms with Gasteiger partial charge in [-0.25, -0.2) is 9.59 Å². The maximum absolute atomic E-state index is 11.5. The molecule has 0 fully saturated rings. The van der Waals surface area contributed by atoms with Crippen LogP contribution in [0.15, 0.2) is 24.3 Å². The highest BCUT2D eigenvalue weighted by Crippen LogP contribution is 2.10. The van der Waals surface area contributed by atoms with Gasteiger partial charge in [0.25, 0.3) is 0 Å². The van der Waals surface area contributed by atoms with Gasteiger partial charge in [0.1, 0.15) is 0 Å². The summed E-state index contributed by atoms with van der Waals surface area (Å²) in [5, 5.41) is 2.66. The smallest absolute Gasteiger partial charge is 0.338 e. The summed E-state index contributed by atoms with van der Waals surface area (Å²) in [6.07, 6.45) is 15.5. The molecule has 0 unspecified atom stereocenters. The van der Waals surface area contributed by atoms with Crippen molar-refractivity contribution in [3.8, 4) is 0 Å². The maximum Gasteiger partial charge on any atom is 0.338 e. The number of nitrogens with two attached hydrogens (primary N) is 1. The molecule has 0 saturated carbocycles. The molecule has 0 heterocycles. The van der Waals surface area contributed by atoms with Crippen molar-refractivity contribution < 1.29 is 23.9 Å². The fourth-order valence-corrected chi connectivity index (χ4v) is 2.34. The minimum absolute atomic E-state index is 0.428. The lowest BCUT2D eigenvalue weighted by molar-refractivity contribution is -0.152. The number of ether oxygens (including phenoxy) is 1. The van der Waals surface area contributed by atoms with E-state index in [2.05, 4.69) is 17.0 Å². The zero-order chi connectivity index (χ0) is 20.3. The van der Waals surface area contributed by atoms with Gasteiger partial charge in [0.15, 0.2) is 0 Å². The number of rotatable bonds is 15. The summed E-state index contributed by atoms with van der Waals surface area (Å²) in [5.74, 6) is -3.29. The van der Waals surface area contributed by atoms with E-state index in [1.54, 1.807) is 0 Å². The van der Waals surface area contributed by atoms with Gasteiger partial charge in [-0.2, -0.15) is 0 Å². The Kier molecular flexibility index (Phi) is 15.5. The van der Waals surface area contributed by atoms with Gasteiger partial charge in [0.2, 0.25) is 11.8 Å². The molecule has 27 heavy (non-hydrogen) atoms.